The van der Waals surface area contributed by atoms with Gasteiger partial charge in [0.25, 0.3) is 0 Å². The van der Waals surface area contributed by atoms with Gasteiger partial charge in [-0.3, -0.25) is 15.0 Å². The minimum Gasteiger partial charge on any atom is -0.468 e. The lowest BCUT2D eigenvalue weighted by Gasteiger charge is -2.23. The summed E-state index contributed by atoms with van der Waals surface area (Å²) in [5, 5.41) is 16.3. The number of nitrogens with one attached hydrogen (secondary N) is 3. The van der Waals surface area contributed by atoms with Gasteiger partial charge in [-0.1, -0.05) is 0 Å². The summed E-state index contributed by atoms with van der Waals surface area (Å²) in [5.41, 5.74) is 2.62. The van der Waals surface area contributed by atoms with E-state index in [4.69, 9.17) is 16.6 Å². The number of hydrogen-bond acceptors (Lipinski definition) is 5. The first-order valence-electron chi connectivity index (χ1n) is 6.08. The molecule has 1 amide bonds. The molecular weight excluding hydrogens is 305 g/mol. The van der Waals surface area contributed by atoms with Gasteiger partial charge in [-0.25, -0.2) is 0 Å². The molecule has 1 aliphatic heterocycles. The van der Waals surface area contributed by atoms with Crippen LogP contribution in [0.25, 0.3) is 0 Å². The zero-order valence-corrected chi connectivity index (χ0v) is 11.6. The Labute approximate surface area is 123 Å². The van der Waals surface area contributed by atoms with Crippen molar-refractivity contribution in [2.75, 3.05) is 7.11 Å². The molecule has 10 heteroatoms. The van der Waals surface area contributed by atoms with Crippen LogP contribution in [0.15, 0.2) is 12.2 Å². The van der Waals surface area contributed by atoms with Gasteiger partial charge in [0.05, 0.1) is 7.11 Å². The van der Waals surface area contributed by atoms with Gasteiger partial charge in [-0.2, -0.15) is 13.2 Å². The summed E-state index contributed by atoms with van der Waals surface area (Å²) in [6.45, 7) is 0. The largest absolute Gasteiger partial charge is 0.468 e. The second kappa shape index (κ2) is 6.16. The number of nitrogens with two attached hydrogens (primary N) is 1. The van der Waals surface area contributed by atoms with E-state index in [1.54, 1.807) is 5.32 Å². The molecule has 1 aliphatic rings. The highest BCUT2D eigenvalue weighted by Gasteiger charge is 2.60. The number of esters is 1. The van der Waals surface area contributed by atoms with Crippen LogP contribution in [0.5, 0.6) is 0 Å². The van der Waals surface area contributed by atoms with E-state index >= 15 is 0 Å². The van der Waals surface area contributed by atoms with Gasteiger partial charge in [0.2, 0.25) is 5.91 Å². The SMILES string of the molecule is COC(=O)C1(CC(=N)/C=C\C(=N)N)C[C@@H](C(F)(F)F)NC1=O. The van der Waals surface area contributed by atoms with Gasteiger partial charge in [-0.05, 0) is 12.2 Å². The summed E-state index contributed by atoms with van der Waals surface area (Å²) in [6, 6.07) is -2.18. The van der Waals surface area contributed by atoms with Crippen molar-refractivity contribution in [1.82, 2.24) is 5.32 Å². The third kappa shape index (κ3) is 3.62. The highest BCUT2D eigenvalue weighted by Crippen LogP contribution is 2.40. The number of alkyl halides is 3. The number of carbonyl (C=O) groups is 2. The third-order valence-corrected chi connectivity index (χ3v) is 3.22. The molecule has 5 N–H and O–H groups in total. The molecule has 2 atom stereocenters. The number of amides is 1. The Bertz CT molecular complexity index is 544. The molecule has 0 aromatic rings. The molecule has 0 bridgehead atoms. The number of halogens is 3. The third-order valence-electron chi connectivity index (χ3n) is 3.22. The van der Waals surface area contributed by atoms with Gasteiger partial charge in [0, 0.05) is 18.6 Å². The zero-order valence-electron chi connectivity index (χ0n) is 11.6. The van der Waals surface area contributed by atoms with Crippen LogP contribution >= 0.6 is 0 Å². The first kappa shape index (κ1) is 17.7. The standard InChI is InChI=1S/C12H15F3N4O3/c1-22-10(21)11(4-6(16)2-3-8(17)18)5-7(12(13,14)15)19-9(11)20/h2-3,7,16H,4-5H2,1H3,(H3,17,18)(H,19,20)/b3-2-,16-6?/t7-,11?/m0/s1. The monoisotopic (exact) mass is 320 g/mol. The Morgan fingerprint density at radius 2 is 2.09 bits per heavy atom. The molecular formula is C12H15F3N4O3. The van der Waals surface area contributed by atoms with Gasteiger partial charge in [0.15, 0.2) is 5.41 Å². The van der Waals surface area contributed by atoms with Gasteiger partial charge in [-0.15, -0.1) is 0 Å². The molecule has 1 fully saturated rings. The van der Waals surface area contributed by atoms with Crippen molar-refractivity contribution in [3.8, 4) is 0 Å². The van der Waals surface area contributed by atoms with Crippen LogP contribution < -0.4 is 11.1 Å². The van der Waals surface area contributed by atoms with Crippen LogP contribution in [0, 0.1) is 16.2 Å². The molecule has 0 spiro atoms. The highest BCUT2D eigenvalue weighted by atomic mass is 19.4. The van der Waals surface area contributed by atoms with E-state index in [1.165, 1.54) is 0 Å². The number of rotatable bonds is 5. The second-order valence-corrected chi connectivity index (χ2v) is 4.84. The van der Waals surface area contributed by atoms with Gasteiger partial charge >= 0.3 is 12.1 Å². The topological polar surface area (TPSA) is 129 Å². The Morgan fingerprint density at radius 1 is 1.50 bits per heavy atom. The molecule has 1 heterocycles. The van der Waals surface area contributed by atoms with E-state index in [0.29, 0.717) is 0 Å². The second-order valence-electron chi connectivity index (χ2n) is 4.84. The van der Waals surface area contributed by atoms with Crippen LogP contribution in [-0.2, 0) is 14.3 Å². The predicted molar refractivity (Wildman–Crippen MR) is 70.4 cm³/mol. The molecule has 1 unspecified atom stereocenters. The quantitative estimate of drug-likeness (QED) is 0.254. The van der Waals surface area contributed by atoms with E-state index in [9.17, 15) is 22.8 Å². The summed E-state index contributed by atoms with van der Waals surface area (Å²) in [6.07, 6.45) is -4.06. The number of methoxy groups -OCH3 is 1. The minimum atomic E-state index is -4.71. The lowest BCUT2D eigenvalue weighted by atomic mass is 9.79. The van der Waals surface area contributed by atoms with Crippen molar-refractivity contribution < 1.29 is 27.5 Å². The Kier molecular flexibility index (Phi) is 4.94. The average Bonchev–Trinajstić information content (AvgIpc) is 2.74. The average molecular weight is 320 g/mol. The lowest BCUT2D eigenvalue weighted by Crippen LogP contribution is -2.41. The van der Waals surface area contributed by atoms with E-state index in [0.717, 1.165) is 19.3 Å². The van der Waals surface area contributed by atoms with Gasteiger partial charge in [0.1, 0.15) is 11.9 Å². The summed E-state index contributed by atoms with van der Waals surface area (Å²) in [4.78, 5) is 23.8. The number of amidine groups is 1. The molecule has 1 saturated heterocycles. The van der Waals surface area contributed by atoms with Crippen molar-refractivity contribution in [3.63, 3.8) is 0 Å². The molecule has 0 radical (unpaired) electrons. The molecule has 0 saturated carbocycles. The number of ether oxygens (including phenoxy) is 1. The maximum atomic E-state index is 12.8. The number of hydrogen-bond donors (Lipinski definition) is 4. The number of allylic oxidation sites excluding steroid dienone is 1. The van der Waals surface area contributed by atoms with E-state index in [2.05, 4.69) is 4.74 Å². The maximum absolute atomic E-state index is 12.8. The molecule has 0 aliphatic carbocycles. The highest BCUT2D eigenvalue weighted by molar-refractivity contribution is 6.10. The summed E-state index contributed by atoms with van der Waals surface area (Å²) in [7, 11) is 0.952. The molecule has 122 valence electrons. The van der Waals surface area contributed by atoms with E-state index in [-0.39, 0.29) is 11.5 Å². The van der Waals surface area contributed by atoms with Crippen molar-refractivity contribution >= 4 is 23.4 Å². The fourth-order valence-corrected chi connectivity index (χ4v) is 2.16. The van der Waals surface area contributed by atoms with Gasteiger partial charge < -0.3 is 21.2 Å². The lowest BCUT2D eigenvalue weighted by molar-refractivity contribution is -0.159. The predicted octanol–water partition coefficient (Wildman–Crippen LogP) is 0.499. The van der Waals surface area contributed by atoms with E-state index < -0.39 is 42.4 Å². The van der Waals surface area contributed by atoms with E-state index in [1.807, 2.05) is 0 Å². The molecule has 0 aromatic heterocycles. The van der Waals surface area contributed by atoms with Crippen LogP contribution in [0.4, 0.5) is 13.2 Å². The molecule has 22 heavy (non-hydrogen) atoms. The van der Waals surface area contributed by atoms with Crippen LogP contribution in [0.2, 0.25) is 0 Å². The molecule has 7 nitrogen and oxygen atoms in total. The zero-order chi connectivity index (χ0) is 17.1. The van der Waals surface area contributed by atoms with Crippen LogP contribution in [0.1, 0.15) is 12.8 Å². The smallest absolute Gasteiger partial charge is 0.408 e. The van der Waals surface area contributed by atoms with Crippen molar-refractivity contribution in [1.29, 1.82) is 10.8 Å². The van der Waals surface area contributed by atoms with Crippen molar-refractivity contribution in [2.45, 2.75) is 25.1 Å². The van der Waals surface area contributed by atoms with Crippen LogP contribution in [-0.4, -0.2) is 42.8 Å². The first-order chi connectivity index (χ1) is 10.0. The molecule has 0 aromatic carbocycles. The normalized spacial score (nSPS) is 25.1. The fourth-order valence-electron chi connectivity index (χ4n) is 2.16. The van der Waals surface area contributed by atoms with Crippen molar-refractivity contribution in [3.05, 3.63) is 12.2 Å². The van der Waals surface area contributed by atoms with Crippen LogP contribution in [0.3, 0.4) is 0 Å². The Morgan fingerprint density at radius 3 is 2.50 bits per heavy atom. The Hall–Kier alpha value is -2.39. The van der Waals surface area contributed by atoms with Crippen molar-refractivity contribution in [2.24, 2.45) is 11.1 Å². The summed E-state index contributed by atoms with van der Waals surface area (Å²) in [5.74, 6) is -2.65. The fraction of sp³-hybridized carbons (Fsp3) is 0.500. The minimum absolute atomic E-state index is 0.321. The molecule has 1 rings (SSSR count). The Balaban J connectivity index is 3.08. The summed E-state index contributed by atoms with van der Waals surface area (Å²) >= 11 is 0. The number of carbonyl (C=O) groups excluding carboxylic acids is 2. The summed E-state index contributed by atoms with van der Waals surface area (Å²) < 4.78 is 42.7. The maximum Gasteiger partial charge on any atom is 0.408 e. The first-order valence-corrected chi connectivity index (χ1v) is 6.08.